The van der Waals surface area contributed by atoms with Crippen LogP contribution in [0.1, 0.15) is 33.3 Å². The lowest BCUT2D eigenvalue weighted by Gasteiger charge is -2.38. The van der Waals surface area contributed by atoms with Crippen LogP contribution in [0.3, 0.4) is 0 Å². The highest BCUT2D eigenvalue weighted by Crippen LogP contribution is 2.37. The number of nitrogens with zero attached hydrogens (tertiary/aromatic N) is 1. The molecule has 2 aromatic carbocycles. The zero-order chi connectivity index (χ0) is 22.7. The molecule has 2 rings (SSSR count). The number of ether oxygens (including phenoxy) is 1. The van der Waals surface area contributed by atoms with Gasteiger partial charge in [0.2, 0.25) is 0 Å². The summed E-state index contributed by atoms with van der Waals surface area (Å²) >= 11 is 0. The second-order valence-electron chi connectivity index (χ2n) is 7.68. The van der Waals surface area contributed by atoms with Crippen molar-refractivity contribution in [3.8, 4) is 0 Å². The highest BCUT2D eigenvalue weighted by molar-refractivity contribution is 7.93. The Hall–Kier alpha value is -2.55. The fourth-order valence-corrected chi connectivity index (χ4v) is 4.77. The van der Waals surface area contributed by atoms with Gasteiger partial charge in [0.25, 0.3) is 10.0 Å². The minimum Gasteiger partial charge on any atom is -0.464 e. The molecule has 2 aromatic rings. The van der Waals surface area contributed by atoms with Crippen molar-refractivity contribution in [3.05, 3.63) is 60.2 Å². The van der Waals surface area contributed by atoms with Gasteiger partial charge in [-0.2, -0.15) is 13.2 Å². The third kappa shape index (κ3) is 5.13. The largest absolute Gasteiger partial charge is 0.464 e. The Morgan fingerprint density at radius 1 is 1.03 bits per heavy atom. The van der Waals surface area contributed by atoms with Crippen LogP contribution in [0.2, 0.25) is 0 Å². The van der Waals surface area contributed by atoms with Gasteiger partial charge >= 0.3 is 12.1 Å². The van der Waals surface area contributed by atoms with Crippen LogP contribution in [0.4, 0.5) is 18.9 Å². The molecule has 9 heteroatoms. The predicted molar refractivity (Wildman–Crippen MR) is 107 cm³/mol. The molecule has 1 unspecified atom stereocenters. The van der Waals surface area contributed by atoms with Gasteiger partial charge in [0.1, 0.15) is 6.04 Å². The van der Waals surface area contributed by atoms with E-state index in [0.717, 1.165) is 22.5 Å². The number of hydrogen-bond donors (Lipinski definition) is 0. The van der Waals surface area contributed by atoms with Crippen LogP contribution >= 0.6 is 0 Å². The average molecular weight is 443 g/mol. The molecule has 164 valence electrons. The number of carbonyl (C=O) groups is 1. The average Bonchev–Trinajstić information content (AvgIpc) is 2.65. The summed E-state index contributed by atoms with van der Waals surface area (Å²) < 4.78 is 72.8. The number of anilines is 1. The molecule has 0 fully saturated rings. The summed E-state index contributed by atoms with van der Waals surface area (Å²) in [6.07, 6.45) is -4.68. The molecule has 0 heterocycles. The van der Waals surface area contributed by atoms with Gasteiger partial charge < -0.3 is 4.74 Å². The van der Waals surface area contributed by atoms with E-state index in [-0.39, 0.29) is 17.2 Å². The maximum atomic E-state index is 13.5. The van der Waals surface area contributed by atoms with Crippen LogP contribution in [0.5, 0.6) is 0 Å². The Balaban J connectivity index is 2.80. The molecule has 1 atom stereocenters. The minimum absolute atomic E-state index is 0.00672. The van der Waals surface area contributed by atoms with Gasteiger partial charge in [-0.1, -0.05) is 45.0 Å². The van der Waals surface area contributed by atoms with E-state index in [1.165, 1.54) is 30.3 Å². The number of carbonyl (C=O) groups excluding carboxylic acids is 1. The lowest BCUT2D eigenvalue weighted by Crippen LogP contribution is -2.53. The number of esters is 1. The molecule has 0 N–H and O–H groups in total. The topological polar surface area (TPSA) is 63.7 Å². The standard InChI is InChI=1S/C21H24F3NO4S/c1-5-29-19(26)18(20(2,3)4)25(30(27,28)17-12-7-6-8-13-17)16-11-9-10-15(14-16)21(22,23)24/h6-14,18H,5H2,1-4H3. The lowest BCUT2D eigenvalue weighted by molar-refractivity contribution is -0.147. The third-order valence-corrected chi connectivity index (χ3v) is 6.10. The van der Waals surface area contributed by atoms with Crippen molar-refractivity contribution >= 4 is 21.7 Å². The van der Waals surface area contributed by atoms with Crippen LogP contribution in [-0.2, 0) is 25.7 Å². The summed E-state index contributed by atoms with van der Waals surface area (Å²) in [5.41, 5.74) is -2.28. The van der Waals surface area contributed by atoms with Crippen LogP contribution in [0, 0.1) is 5.41 Å². The van der Waals surface area contributed by atoms with Gasteiger partial charge in [-0.05, 0) is 42.7 Å². The molecule has 0 spiro atoms. The number of benzene rings is 2. The Morgan fingerprint density at radius 3 is 2.13 bits per heavy atom. The molecule has 5 nitrogen and oxygen atoms in total. The molecule has 0 saturated heterocycles. The first-order chi connectivity index (χ1) is 13.8. The molecular formula is C21H24F3NO4S. The van der Waals surface area contributed by atoms with Crippen LogP contribution in [-0.4, -0.2) is 27.0 Å². The molecule has 0 bridgehead atoms. The van der Waals surface area contributed by atoms with E-state index in [1.807, 2.05) is 0 Å². The second-order valence-corrected chi connectivity index (χ2v) is 9.50. The summed E-state index contributed by atoms with van der Waals surface area (Å²) in [5, 5.41) is 0. The summed E-state index contributed by atoms with van der Waals surface area (Å²) in [4.78, 5) is 12.7. The van der Waals surface area contributed by atoms with Gasteiger partial charge in [0.05, 0.1) is 22.8 Å². The van der Waals surface area contributed by atoms with Crippen molar-refractivity contribution in [1.82, 2.24) is 0 Å². The molecule has 0 aromatic heterocycles. The van der Waals surface area contributed by atoms with Crippen LogP contribution in [0.15, 0.2) is 59.5 Å². The normalized spacial score (nSPS) is 13.6. The van der Waals surface area contributed by atoms with Crippen molar-refractivity contribution in [2.45, 2.75) is 44.8 Å². The highest BCUT2D eigenvalue weighted by atomic mass is 32.2. The fraction of sp³-hybridized carbons (Fsp3) is 0.381. The van der Waals surface area contributed by atoms with E-state index in [2.05, 4.69) is 0 Å². The number of hydrogen-bond acceptors (Lipinski definition) is 4. The molecular weight excluding hydrogens is 419 g/mol. The Bertz CT molecular complexity index is 983. The van der Waals surface area contributed by atoms with E-state index in [1.54, 1.807) is 33.8 Å². The lowest BCUT2D eigenvalue weighted by atomic mass is 9.86. The smallest absolute Gasteiger partial charge is 0.416 e. The van der Waals surface area contributed by atoms with E-state index in [4.69, 9.17) is 4.74 Å². The first-order valence-corrected chi connectivity index (χ1v) is 10.7. The quantitative estimate of drug-likeness (QED) is 0.597. The zero-order valence-electron chi connectivity index (χ0n) is 17.1. The highest BCUT2D eigenvalue weighted by Gasteiger charge is 2.45. The van der Waals surface area contributed by atoms with Crippen molar-refractivity contribution in [1.29, 1.82) is 0 Å². The minimum atomic E-state index is -4.68. The zero-order valence-corrected chi connectivity index (χ0v) is 17.9. The van der Waals surface area contributed by atoms with Gasteiger partial charge in [-0.3, -0.25) is 4.31 Å². The first kappa shape index (κ1) is 23.7. The Kier molecular flexibility index (Phi) is 6.86. The van der Waals surface area contributed by atoms with Crippen molar-refractivity contribution in [2.24, 2.45) is 5.41 Å². The fourth-order valence-electron chi connectivity index (χ4n) is 2.97. The summed E-state index contributed by atoms with van der Waals surface area (Å²) in [5.74, 6) is -0.845. The monoisotopic (exact) mass is 443 g/mol. The summed E-state index contributed by atoms with van der Waals surface area (Å²) in [6, 6.07) is 9.74. The number of alkyl halides is 3. The first-order valence-electron chi connectivity index (χ1n) is 9.23. The van der Waals surface area contributed by atoms with Crippen molar-refractivity contribution in [3.63, 3.8) is 0 Å². The van der Waals surface area contributed by atoms with E-state index in [0.29, 0.717) is 0 Å². The molecule has 0 radical (unpaired) electrons. The summed E-state index contributed by atoms with van der Waals surface area (Å²) in [7, 11) is -4.40. The number of rotatable bonds is 6. The molecule has 30 heavy (non-hydrogen) atoms. The second kappa shape index (κ2) is 8.67. The molecule has 0 aliphatic rings. The third-order valence-electron chi connectivity index (χ3n) is 4.29. The van der Waals surface area contributed by atoms with E-state index >= 15 is 0 Å². The Morgan fingerprint density at radius 2 is 1.63 bits per heavy atom. The van der Waals surface area contributed by atoms with Gasteiger partial charge in [0.15, 0.2) is 0 Å². The van der Waals surface area contributed by atoms with Gasteiger partial charge in [-0.15, -0.1) is 0 Å². The Labute approximate surface area is 174 Å². The number of halogens is 3. The van der Waals surface area contributed by atoms with Crippen LogP contribution < -0.4 is 4.31 Å². The van der Waals surface area contributed by atoms with E-state index in [9.17, 15) is 26.4 Å². The molecule has 0 aliphatic carbocycles. The van der Waals surface area contributed by atoms with Gasteiger partial charge in [-0.25, -0.2) is 13.2 Å². The molecule has 0 amide bonds. The maximum Gasteiger partial charge on any atom is 0.416 e. The predicted octanol–water partition coefficient (Wildman–Crippen LogP) is 4.88. The molecule has 0 aliphatic heterocycles. The van der Waals surface area contributed by atoms with Crippen molar-refractivity contribution < 1.29 is 31.1 Å². The van der Waals surface area contributed by atoms with Gasteiger partial charge in [0, 0.05) is 0 Å². The van der Waals surface area contributed by atoms with Crippen molar-refractivity contribution in [2.75, 3.05) is 10.9 Å². The maximum absolute atomic E-state index is 13.5. The molecule has 0 saturated carbocycles. The SMILES string of the molecule is CCOC(=O)C(N(c1cccc(C(F)(F)F)c1)S(=O)(=O)c1ccccc1)C(C)(C)C. The summed E-state index contributed by atoms with van der Waals surface area (Å²) in [6.45, 7) is 6.42. The van der Waals surface area contributed by atoms with E-state index < -0.39 is 39.2 Å². The van der Waals surface area contributed by atoms with Crippen LogP contribution in [0.25, 0.3) is 0 Å². The number of sulfonamides is 1.